The molecule has 0 saturated carbocycles. The Morgan fingerprint density at radius 1 is 0.725 bits per heavy atom. The maximum absolute atomic E-state index is 13.0. The molecule has 0 fully saturated rings. The lowest BCUT2D eigenvalue weighted by Gasteiger charge is -2.27. The topological polar surface area (TPSA) is 119 Å². The first-order valence-corrected chi connectivity index (χ1v) is 20.4. The van der Waals surface area contributed by atoms with Crippen molar-refractivity contribution in [2.75, 3.05) is 20.3 Å². The Morgan fingerprint density at radius 3 is 1.76 bits per heavy atom. The Labute approximate surface area is 310 Å². The highest BCUT2D eigenvalue weighted by Crippen LogP contribution is 2.19. The molecule has 0 N–H and O–H groups in total. The molecule has 0 aliphatic heterocycles. The summed E-state index contributed by atoms with van der Waals surface area (Å²) in [5, 5.41) is 8.46. The number of hydrogen-bond acceptors (Lipinski definition) is 9. The minimum absolute atomic E-state index is 0.0190. The first-order chi connectivity index (χ1) is 24.4. The highest BCUT2D eigenvalue weighted by atomic mass is 16.6. The molecular formula is C41H75N3O7. The Balaban J connectivity index is 2.60. The number of ether oxygens (including phenoxy) is 4. The summed E-state index contributed by atoms with van der Waals surface area (Å²) in [5.41, 5.74) is -0.587. The smallest absolute Gasteiger partial charge is 0.306 e. The number of Topliss-reactive ketones (excluding diaryl/α,β-unsaturated/α-hetero) is 1. The molecule has 51 heavy (non-hydrogen) atoms. The average molecular weight is 722 g/mol. The second-order valence-electron chi connectivity index (χ2n) is 15.4. The van der Waals surface area contributed by atoms with Crippen LogP contribution in [0.1, 0.15) is 188 Å². The molecule has 0 aliphatic carbocycles. The van der Waals surface area contributed by atoms with Crippen LogP contribution in [0.4, 0.5) is 0 Å². The number of aromatic nitrogens is 3. The fraction of sp³-hybridized carbons (Fsp3) is 0.878. The third-order valence-electron chi connectivity index (χ3n) is 9.67. The van der Waals surface area contributed by atoms with E-state index in [2.05, 4.69) is 24.2 Å². The van der Waals surface area contributed by atoms with Crippen LogP contribution in [-0.4, -0.2) is 70.3 Å². The van der Waals surface area contributed by atoms with Crippen LogP contribution in [0.25, 0.3) is 0 Å². The molecule has 296 valence electrons. The van der Waals surface area contributed by atoms with E-state index in [0.29, 0.717) is 38.0 Å². The number of esters is 2. The van der Waals surface area contributed by atoms with E-state index in [0.717, 1.165) is 38.5 Å². The summed E-state index contributed by atoms with van der Waals surface area (Å²) in [7, 11) is 1.67. The van der Waals surface area contributed by atoms with Gasteiger partial charge in [0, 0.05) is 39.0 Å². The molecule has 1 unspecified atom stereocenters. The lowest BCUT2D eigenvalue weighted by atomic mass is 9.98. The summed E-state index contributed by atoms with van der Waals surface area (Å²) in [5.74, 6) is -0.583. The number of aryl methyl sites for hydroxylation is 1. The molecule has 1 rings (SSSR count). The van der Waals surface area contributed by atoms with Gasteiger partial charge in [0.25, 0.3) is 0 Å². The predicted octanol–water partition coefficient (Wildman–Crippen LogP) is 9.69. The lowest BCUT2D eigenvalue weighted by molar-refractivity contribution is -0.160. The van der Waals surface area contributed by atoms with E-state index in [1.807, 2.05) is 13.8 Å². The van der Waals surface area contributed by atoms with Crippen molar-refractivity contribution in [3.05, 3.63) is 11.9 Å². The van der Waals surface area contributed by atoms with Gasteiger partial charge in [-0.1, -0.05) is 122 Å². The van der Waals surface area contributed by atoms with Gasteiger partial charge >= 0.3 is 11.9 Å². The van der Waals surface area contributed by atoms with Crippen LogP contribution in [0.5, 0.6) is 0 Å². The normalized spacial score (nSPS) is 12.6. The van der Waals surface area contributed by atoms with E-state index >= 15 is 0 Å². The van der Waals surface area contributed by atoms with Crippen molar-refractivity contribution < 1.29 is 33.3 Å². The van der Waals surface area contributed by atoms with E-state index in [-0.39, 0.29) is 42.9 Å². The van der Waals surface area contributed by atoms with Gasteiger partial charge in [-0.3, -0.25) is 14.4 Å². The molecule has 0 aliphatic rings. The van der Waals surface area contributed by atoms with Crippen molar-refractivity contribution in [3.8, 4) is 0 Å². The number of rotatable bonds is 34. The molecule has 1 aromatic heterocycles. The molecule has 1 atom stereocenters. The first kappa shape index (κ1) is 46.7. The Hall–Kier alpha value is -2.33. The SMILES string of the molecule is CCCCCCCCCCCC(=O)OCC(Cn1cc(CCC(=O)C(C)(C)OCCC(C)(C)OC)nn1)OC(=O)CCCCCCCCCCC. The number of methoxy groups -OCH3 is 1. The zero-order chi connectivity index (χ0) is 37.8. The van der Waals surface area contributed by atoms with Crippen LogP contribution in [0.2, 0.25) is 0 Å². The van der Waals surface area contributed by atoms with Crippen molar-refractivity contribution in [3.63, 3.8) is 0 Å². The van der Waals surface area contributed by atoms with Crippen LogP contribution in [0.3, 0.4) is 0 Å². The van der Waals surface area contributed by atoms with Gasteiger partial charge < -0.3 is 18.9 Å². The minimum Gasteiger partial charge on any atom is -0.462 e. The van der Waals surface area contributed by atoms with Gasteiger partial charge in [-0.05, 0) is 47.0 Å². The Kier molecular flexibility index (Phi) is 25.8. The fourth-order valence-corrected chi connectivity index (χ4v) is 5.81. The number of carbonyl (C=O) groups is 3. The van der Waals surface area contributed by atoms with Gasteiger partial charge in [-0.25, -0.2) is 4.68 Å². The predicted molar refractivity (Wildman–Crippen MR) is 204 cm³/mol. The summed E-state index contributed by atoms with van der Waals surface area (Å²) in [6.45, 7) is 12.6. The summed E-state index contributed by atoms with van der Waals surface area (Å²) < 4.78 is 24.4. The highest BCUT2D eigenvalue weighted by Gasteiger charge is 2.29. The van der Waals surface area contributed by atoms with Crippen LogP contribution in [0.15, 0.2) is 6.20 Å². The molecule has 0 saturated heterocycles. The van der Waals surface area contributed by atoms with Gasteiger partial charge in [0.1, 0.15) is 12.2 Å². The second kappa shape index (κ2) is 28.2. The summed E-state index contributed by atoms with van der Waals surface area (Å²) in [6, 6.07) is 0. The highest BCUT2D eigenvalue weighted by molar-refractivity contribution is 5.86. The molecule has 0 radical (unpaired) electrons. The van der Waals surface area contributed by atoms with Gasteiger partial charge in [-0.2, -0.15) is 0 Å². The molecule has 10 nitrogen and oxygen atoms in total. The third kappa shape index (κ3) is 24.5. The molecule has 0 aromatic carbocycles. The van der Waals surface area contributed by atoms with Crippen molar-refractivity contribution in [2.45, 2.75) is 213 Å². The van der Waals surface area contributed by atoms with E-state index in [4.69, 9.17) is 18.9 Å². The van der Waals surface area contributed by atoms with Gasteiger partial charge in [0.2, 0.25) is 0 Å². The van der Waals surface area contributed by atoms with Gasteiger partial charge in [0.15, 0.2) is 11.9 Å². The van der Waals surface area contributed by atoms with Crippen LogP contribution in [-0.2, 0) is 46.3 Å². The Bertz CT molecular complexity index is 1060. The van der Waals surface area contributed by atoms with Gasteiger partial charge in [0.05, 0.1) is 24.4 Å². The van der Waals surface area contributed by atoms with Crippen molar-refractivity contribution in [2.24, 2.45) is 0 Å². The van der Waals surface area contributed by atoms with Gasteiger partial charge in [-0.15, -0.1) is 5.10 Å². The number of unbranched alkanes of at least 4 members (excludes halogenated alkanes) is 16. The van der Waals surface area contributed by atoms with Crippen molar-refractivity contribution in [1.29, 1.82) is 0 Å². The number of hydrogen-bond donors (Lipinski definition) is 0. The maximum Gasteiger partial charge on any atom is 0.306 e. The van der Waals surface area contributed by atoms with Crippen LogP contribution in [0, 0.1) is 0 Å². The maximum atomic E-state index is 13.0. The standard InChI is InChI=1S/C41H75N3O7/c1-8-10-12-14-16-18-20-22-24-26-38(46)49-34-36(51-39(47)27-25-23-21-19-17-15-13-11-9-2)33-44-32-35(42-43-44)28-29-37(45)41(5,6)50-31-30-40(3,4)48-7/h32,36H,8-31,33-34H2,1-7H3. The zero-order valence-corrected chi connectivity index (χ0v) is 33.7. The molecule has 0 spiro atoms. The van der Waals surface area contributed by atoms with Crippen LogP contribution < -0.4 is 0 Å². The third-order valence-corrected chi connectivity index (χ3v) is 9.67. The molecule has 0 bridgehead atoms. The Morgan fingerprint density at radius 2 is 1.24 bits per heavy atom. The van der Waals surface area contributed by atoms with E-state index in [1.54, 1.807) is 31.8 Å². The zero-order valence-electron chi connectivity index (χ0n) is 33.7. The van der Waals surface area contributed by atoms with E-state index in [1.165, 1.54) is 77.0 Å². The molecule has 1 heterocycles. The van der Waals surface area contributed by atoms with Crippen molar-refractivity contribution in [1.82, 2.24) is 15.0 Å². The monoisotopic (exact) mass is 722 g/mol. The average Bonchev–Trinajstić information content (AvgIpc) is 3.54. The molecule has 1 aromatic rings. The molecule has 0 amide bonds. The van der Waals surface area contributed by atoms with E-state index < -0.39 is 11.7 Å². The number of nitrogens with zero attached hydrogens (tertiary/aromatic N) is 3. The number of ketones is 1. The minimum atomic E-state index is -0.925. The second-order valence-corrected chi connectivity index (χ2v) is 15.4. The van der Waals surface area contributed by atoms with E-state index in [9.17, 15) is 14.4 Å². The van der Waals surface area contributed by atoms with Crippen LogP contribution >= 0.6 is 0 Å². The summed E-state index contributed by atoms with van der Waals surface area (Å²) >= 11 is 0. The summed E-state index contributed by atoms with van der Waals surface area (Å²) in [4.78, 5) is 38.4. The fourth-order valence-electron chi connectivity index (χ4n) is 5.81. The quantitative estimate of drug-likeness (QED) is 0.0506. The number of carbonyl (C=O) groups excluding carboxylic acids is 3. The summed E-state index contributed by atoms with van der Waals surface area (Å²) in [6.07, 6.45) is 24.2. The molecular weight excluding hydrogens is 646 g/mol. The largest absolute Gasteiger partial charge is 0.462 e. The lowest BCUT2D eigenvalue weighted by Crippen LogP contribution is -2.37. The van der Waals surface area contributed by atoms with Crippen molar-refractivity contribution >= 4 is 17.7 Å². The molecule has 10 heteroatoms. The first-order valence-electron chi connectivity index (χ1n) is 20.4.